The van der Waals surface area contributed by atoms with Gasteiger partial charge in [-0.05, 0) is 56.0 Å². The van der Waals surface area contributed by atoms with E-state index in [0.29, 0.717) is 18.0 Å². The Bertz CT molecular complexity index is 1250. The molecule has 1 N–H and O–H groups in total. The summed E-state index contributed by atoms with van der Waals surface area (Å²) >= 11 is 1.20. The van der Waals surface area contributed by atoms with Crippen LogP contribution in [0.5, 0.6) is 0 Å². The van der Waals surface area contributed by atoms with Crippen LogP contribution in [0.15, 0.2) is 29.2 Å². The fourth-order valence-electron chi connectivity index (χ4n) is 3.93. The molecule has 1 aliphatic carbocycles. The molecule has 0 spiro atoms. The van der Waals surface area contributed by atoms with Crippen molar-refractivity contribution < 1.29 is 32.3 Å². The first-order valence-corrected chi connectivity index (χ1v) is 13.5. The zero-order valence-electron chi connectivity index (χ0n) is 19.7. The van der Waals surface area contributed by atoms with E-state index < -0.39 is 28.0 Å². The van der Waals surface area contributed by atoms with Crippen molar-refractivity contribution in [3.05, 3.63) is 45.8 Å². The fraction of sp³-hybridized carbons (Fsp3) is 0.435. The molecule has 1 aliphatic heterocycles. The lowest BCUT2D eigenvalue weighted by Gasteiger charge is -2.26. The molecule has 1 fully saturated rings. The SMILES string of the molecule is CCOC(=O)N1CCc2c(sc(NC(=O)c3ccc(S(=O)(=O)N(C)C4CC4)cc3)c2C(=O)OC)C1. The number of fused-ring (bicyclic) bond motifs is 1. The van der Waals surface area contributed by atoms with Crippen LogP contribution in [0.1, 0.15) is 50.9 Å². The molecule has 4 rings (SSSR count). The predicted molar refractivity (Wildman–Crippen MR) is 129 cm³/mol. The Morgan fingerprint density at radius 3 is 2.49 bits per heavy atom. The number of benzene rings is 1. The molecule has 2 heterocycles. The summed E-state index contributed by atoms with van der Waals surface area (Å²) in [5.41, 5.74) is 1.25. The number of rotatable bonds is 7. The minimum absolute atomic E-state index is 0.0318. The quantitative estimate of drug-likeness (QED) is 0.556. The van der Waals surface area contributed by atoms with Crippen molar-refractivity contribution in [2.45, 2.75) is 43.7 Å². The third kappa shape index (κ3) is 5.04. The van der Waals surface area contributed by atoms with Gasteiger partial charge in [0, 0.05) is 30.1 Å². The molecule has 0 bridgehead atoms. The van der Waals surface area contributed by atoms with E-state index in [1.165, 1.54) is 47.0 Å². The highest BCUT2D eigenvalue weighted by Crippen LogP contribution is 2.38. The molecule has 2 aliphatic rings. The van der Waals surface area contributed by atoms with Crippen LogP contribution >= 0.6 is 11.3 Å². The Hall–Kier alpha value is -2.96. The highest BCUT2D eigenvalue weighted by molar-refractivity contribution is 7.89. The number of nitrogens with one attached hydrogen (secondary N) is 1. The van der Waals surface area contributed by atoms with Crippen molar-refractivity contribution in [2.24, 2.45) is 0 Å². The van der Waals surface area contributed by atoms with Gasteiger partial charge in [0.1, 0.15) is 5.00 Å². The largest absolute Gasteiger partial charge is 0.465 e. The van der Waals surface area contributed by atoms with E-state index in [-0.39, 0.29) is 35.2 Å². The number of hydrogen-bond donors (Lipinski definition) is 1. The second-order valence-corrected chi connectivity index (χ2v) is 11.4. The van der Waals surface area contributed by atoms with Crippen LogP contribution in [0.3, 0.4) is 0 Å². The number of ether oxygens (including phenoxy) is 2. The molecule has 0 atom stereocenters. The van der Waals surface area contributed by atoms with Gasteiger partial charge >= 0.3 is 12.1 Å². The highest BCUT2D eigenvalue weighted by atomic mass is 32.2. The Balaban J connectivity index is 1.55. The monoisotopic (exact) mass is 521 g/mol. The molecule has 35 heavy (non-hydrogen) atoms. The van der Waals surface area contributed by atoms with Crippen molar-refractivity contribution in [1.29, 1.82) is 0 Å². The maximum atomic E-state index is 13.0. The molecule has 1 aromatic carbocycles. The maximum Gasteiger partial charge on any atom is 0.410 e. The molecule has 0 saturated heterocycles. The van der Waals surface area contributed by atoms with E-state index in [1.54, 1.807) is 18.9 Å². The average Bonchev–Trinajstić information content (AvgIpc) is 3.64. The van der Waals surface area contributed by atoms with E-state index >= 15 is 0 Å². The Kier molecular flexibility index (Phi) is 7.15. The first-order valence-electron chi connectivity index (χ1n) is 11.2. The molecule has 2 aromatic rings. The second-order valence-electron chi connectivity index (χ2n) is 8.30. The molecule has 1 saturated carbocycles. The maximum absolute atomic E-state index is 13.0. The summed E-state index contributed by atoms with van der Waals surface area (Å²) < 4.78 is 36.8. The van der Waals surface area contributed by atoms with Gasteiger partial charge < -0.3 is 19.7 Å². The Morgan fingerprint density at radius 1 is 1.20 bits per heavy atom. The van der Waals surface area contributed by atoms with Crippen LogP contribution in [-0.4, -0.2) is 68.9 Å². The highest BCUT2D eigenvalue weighted by Gasteiger charge is 2.35. The summed E-state index contributed by atoms with van der Waals surface area (Å²) in [7, 11) is -0.790. The average molecular weight is 522 g/mol. The smallest absolute Gasteiger partial charge is 0.410 e. The first-order chi connectivity index (χ1) is 16.7. The standard InChI is InChI=1S/C23H27N3O7S2/c1-4-33-23(29)26-12-11-17-18(13-26)34-21(19(17)22(28)32-3)24-20(27)14-5-9-16(10-6-14)35(30,31)25(2)15-7-8-15/h5-6,9-10,15H,4,7-8,11-13H2,1-3H3,(H,24,27). The van der Waals surface area contributed by atoms with Crippen LogP contribution in [0.4, 0.5) is 9.80 Å². The normalized spacial score (nSPS) is 15.5. The molecular formula is C23H27N3O7S2. The minimum Gasteiger partial charge on any atom is -0.465 e. The second kappa shape index (κ2) is 9.96. The lowest BCUT2D eigenvalue weighted by Crippen LogP contribution is -2.36. The molecule has 12 heteroatoms. The summed E-state index contributed by atoms with van der Waals surface area (Å²) in [5, 5.41) is 3.08. The van der Waals surface area contributed by atoms with E-state index in [0.717, 1.165) is 23.3 Å². The lowest BCUT2D eigenvalue weighted by atomic mass is 10.0. The zero-order valence-corrected chi connectivity index (χ0v) is 21.3. The predicted octanol–water partition coefficient (Wildman–Crippen LogP) is 3.08. The summed E-state index contributed by atoms with van der Waals surface area (Å²) in [4.78, 5) is 40.1. The topological polar surface area (TPSA) is 122 Å². The number of sulfonamides is 1. The number of carbonyl (C=O) groups is 3. The summed E-state index contributed by atoms with van der Waals surface area (Å²) in [5.74, 6) is -1.07. The van der Waals surface area contributed by atoms with Gasteiger partial charge in [-0.25, -0.2) is 18.0 Å². The summed E-state index contributed by atoms with van der Waals surface area (Å²) in [6.45, 7) is 2.64. The Labute approximate surface area is 207 Å². The van der Waals surface area contributed by atoms with E-state index in [4.69, 9.17) is 9.47 Å². The van der Waals surface area contributed by atoms with Gasteiger partial charge in [-0.15, -0.1) is 11.3 Å². The van der Waals surface area contributed by atoms with Crippen LogP contribution in [0.25, 0.3) is 0 Å². The number of anilines is 1. The van der Waals surface area contributed by atoms with E-state index in [9.17, 15) is 22.8 Å². The summed E-state index contributed by atoms with van der Waals surface area (Å²) in [6.07, 6.45) is 1.69. The number of thiophene rings is 1. The molecule has 1 aromatic heterocycles. The molecule has 2 amide bonds. The van der Waals surface area contributed by atoms with Crippen molar-refractivity contribution in [2.75, 3.05) is 32.6 Å². The van der Waals surface area contributed by atoms with E-state index in [2.05, 4.69) is 5.32 Å². The van der Waals surface area contributed by atoms with Gasteiger partial charge in [-0.3, -0.25) is 4.79 Å². The molecule has 10 nitrogen and oxygen atoms in total. The van der Waals surface area contributed by atoms with Gasteiger partial charge in [-0.2, -0.15) is 4.31 Å². The van der Waals surface area contributed by atoms with Gasteiger partial charge in [0.15, 0.2) is 0 Å². The van der Waals surface area contributed by atoms with Gasteiger partial charge in [0.2, 0.25) is 10.0 Å². The number of amides is 2. The molecule has 0 unspecified atom stereocenters. The van der Waals surface area contributed by atoms with Gasteiger partial charge in [0.25, 0.3) is 5.91 Å². The Morgan fingerprint density at radius 2 is 1.89 bits per heavy atom. The van der Waals surface area contributed by atoms with Crippen LogP contribution in [0, 0.1) is 0 Å². The third-order valence-corrected chi connectivity index (χ3v) is 9.11. The molecule has 188 valence electrons. The molecule has 0 radical (unpaired) electrons. The van der Waals surface area contributed by atoms with Crippen LogP contribution in [-0.2, 0) is 32.5 Å². The van der Waals surface area contributed by atoms with Crippen molar-refractivity contribution in [3.8, 4) is 0 Å². The number of esters is 1. The number of carbonyl (C=O) groups excluding carboxylic acids is 3. The van der Waals surface area contributed by atoms with Crippen molar-refractivity contribution in [1.82, 2.24) is 9.21 Å². The fourth-order valence-corrected chi connectivity index (χ4v) is 6.60. The van der Waals surface area contributed by atoms with Gasteiger partial charge in [-0.1, -0.05) is 0 Å². The summed E-state index contributed by atoms with van der Waals surface area (Å²) in [6, 6.07) is 5.72. The zero-order chi connectivity index (χ0) is 25.3. The van der Waals surface area contributed by atoms with Crippen molar-refractivity contribution in [3.63, 3.8) is 0 Å². The number of hydrogen-bond acceptors (Lipinski definition) is 8. The van der Waals surface area contributed by atoms with Crippen LogP contribution in [0.2, 0.25) is 0 Å². The van der Waals surface area contributed by atoms with Crippen LogP contribution < -0.4 is 5.32 Å². The van der Waals surface area contributed by atoms with Crippen molar-refractivity contribution >= 4 is 44.3 Å². The first kappa shape index (κ1) is 25.1. The number of methoxy groups -OCH3 is 1. The minimum atomic E-state index is -3.62. The molecular weight excluding hydrogens is 494 g/mol. The number of nitrogens with zero attached hydrogens (tertiary/aromatic N) is 2. The van der Waals surface area contributed by atoms with Gasteiger partial charge in [0.05, 0.1) is 30.7 Å². The lowest BCUT2D eigenvalue weighted by molar-refractivity contribution is 0.0600. The third-order valence-electron chi connectivity index (χ3n) is 6.05. The van der Waals surface area contributed by atoms with E-state index in [1.807, 2.05) is 0 Å².